The SMILES string of the molecule is C=C1C=CC=C(CSC(N)=NC(=S)Nc2ccc(N3CCC(N(C)C)CC3)cc2)C=C1. The van der Waals surface area contributed by atoms with Crippen molar-refractivity contribution >= 4 is 45.6 Å². The van der Waals surface area contributed by atoms with Crippen molar-refractivity contribution in [1.82, 2.24) is 4.90 Å². The molecule has 5 nitrogen and oxygen atoms in total. The van der Waals surface area contributed by atoms with Crippen molar-refractivity contribution < 1.29 is 0 Å². The van der Waals surface area contributed by atoms with Gasteiger partial charge in [-0.2, -0.15) is 4.99 Å². The van der Waals surface area contributed by atoms with Crippen LogP contribution in [0, 0.1) is 0 Å². The first-order valence-electron chi connectivity index (χ1n) is 10.4. The molecule has 31 heavy (non-hydrogen) atoms. The second-order valence-corrected chi connectivity index (χ2v) is 9.29. The van der Waals surface area contributed by atoms with Crippen LogP contribution in [-0.2, 0) is 0 Å². The average Bonchev–Trinajstić information content (AvgIpc) is 2.97. The van der Waals surface area contributed by atoms with Crippen LogP contribution in [0.3, 0.4) is 0 Å². The molecule has 0 amide bonds. The first-order chi connectivity index (χ1) is 14.9. The van der Waals surface area contributed by atoms with Gasteiger partial charge >= 0.3 is 0 Å². The molecule has 0 atom stereocenters. The van der Waals surface area contributed by atoms with Crippen LogP contribution in [0.4, 0.5) is 11.4 Å². The molecular weight excluding hydrogens is 422 g/mol. The first-order valence-corrected chi connectivity index (χ1v) is 11.8. The van der Waals surface area contributed by atoms with Crippen LogP contribution >= 0.6 is 24.0 Å². The van der Waals surface area contributed by atoms with E-state index in [1.807, 2.05) is 36.4 Å². The van der Waals surface area contributed by atoms with Gasteiger partial charge in [0.25, 0.3) is 0 Å². The van der Waals surface area contributed by atoms with Gasteiger partial charge in [-0.15, -0.1) is 0 Å². The third-order valence-electron chi connectivity index (χ3n) is 5.41. The highest BCUT2D eigenvalue weighted by Gasteiger charge is 2.20. The van der Waals surface area contributed by atoms with E-state index >= 15 is 0 Å². The summed E-state index contributed by atoms with van der Waals surface area (Å²) in [6, 6.07) is 9.03. The number of benzene rings is 1. The van der Waals surface area contributed by atoms with Crippen LogP contribution < -0.4 is 16.0 Å². The molecule has 1 aliphatic carbocycles. The average molecular weight is 454 g/mol. The normalized spacial score (nSPS) is 17.6. The van der Waals surface area contributed by atoms with Crippen molar-refractivity contribution in [2.45, 2.75) is 18.9 Å². The minimum Gasteiger partial charge on any atom is -0.378 e. The van der Waals surface area contributed by atoms with Crippen LogP contribution in [0.25, 0.3) is 0 Å². The van der Waals surface area contributed by atoms with E-state index in [1.165, 1.54) is 30.3 Å². The lowest BCUT2D eigenvalue weighted by atomic mass is 10.0. The van der Waals surface area contributed by atoms with Gasteiger partial charge in [-0.3, -0.25) is 0 Å². The molecule has 0 bridgehead atoms. The molecule has 7 heteroatoms. The largest absolute Gasteiger partial charge is 0.378 e. The number of piperidine rings is 1. The molecule has 0 unspecified atom stereocenters. The molecule has 0 radical (unpaired) electrons. The highest BCUT2D eigenvalue weighted by molar-refractivity contribution is 8.14. The molecule has 2 aliphatic rings. The van der Waals surface area contributed by atoms with Gasteiger partial charge < -0.3 is 20.9 Å². The number of hydrogen-bond donors (Lipinski definition) is 2. The number of aliphatic imine (C=N–C) groups is 1. The summed E-state index contributed by atoms with van der Waals surface area (Å²) in [5.74, 6) is 0.727. The van der Waals surface area contributed by atoms with E-state index in [2.05, 4.69) is 59.0 Å². The molecule has 1 aliphatic heterocycles. The summed E-state index contributed by atoms with van der Waals surface area (Å²) in [4.78, 5) is 9.08. The van der Waals surface area contributed by atoms with Gasteiger partial charge in [-0.25, -0.2) is 0 Å². The fourth-order valence-corrected chi connectivity index (χ4v) is 4.49. The van der Waals surface area contributed by atoms with E-state index in [1.54, 1.807) is 0 Å². The van der Waals surface area contributed by atoms with Gasteiger partial charge in [0, 0.05) is 36.3 Å². The summed E-state index contributed by atoms with van der Waals surface area (Å²) in [5.41, 5.74) is 10.3. The Labute approximate surface area is 195 Å². The predicted molar refractivity (Wildman–Crippen MR) is 141 cm³/mol. The maximum atomic E-state index is 6.05. The van der Waals surface area contributed by atoms with E-state index < -0.39 is 0 Å². The van der Waals surface area contributed by atoms with Gasteiger partial charge in [-0.1, -0.05) is 48.7 Å². The zero-order valence-corrected chi connectivity index (χ0v) is 19.9. The summed E-state index contributed by atoms with van der Waals surface area (Å²) in [6.07, 6.45) is 12.4. The fourth-order valence-electron chi connectivity index (χ4n) is 3.55. The van der Waals surface area contributed by atoms with Crippen molar-refractivity contribution in [2.75, 3.05) is 43.2 Å². The van der Waals surface area contributed by atoms with Crippen molar-refractivity contribution in [3.63, 3.8) is 0 Å². The molecule has 1 heterocycles. The van der Waals surface area contributed by atoms with E-state index in [0.29, 0.717) is 16.3 Å². The number of anilines is 2. The molecule has 1 aromatic carbocycles. The van der Waals surface area contributed by atoms with Crippen LogP contribution in [-0.4, -0.2) is 54.2 Å². The predicted octanol–water partition coefficient (Wildman–Crippen LogP) is 4.57. The van der Waals surface area contributed by atoms with E-state index in [4.69, 9.17) is 18.0 Å². The number of allylic oxidation sites excluding steroid dienone is 6. The van der Waals surface area contributed by atoms with Crippen molar-refractivity contribution in [2.24, 2.45) is 10.7 Å². The maximum Gasteiger partial charge on any atom is 0.199 e. The van der Waals surface area contributed by atoms with Gasteiger partial charge in [0.1, 0.15) is 0 Å². The third kappa shape index (κ3) is 7.38. The minimum atomic E-state index is 0.364. The van der Waals surface area contributed by atoms with Crippen molar-refractivity contribution in [1.29, 1.82) is 0 Å². The molecule has 0 spiro atoms. The van der Waals surface area contributed by atoms with E-state index in [9.17, 15) is 0 Å². The maximum absolute atomic E-state index is 6.05. The molecule has 3 N–H and O–H groups in total. The van der Waals surface area contributed by atoms with Crippen LogP contribution in [0.2, 0.25) is 0 Å². The second-order valence-electron chi connectivity index (χ2n) is 7.91. The molecule has 1 aromatic rings. The lowest BCUT2D eigenvalue weighted by Gasteiger charge is -2.36. The Morgan fingerprint density at radius 2 is 1.94 bits per heavy atom. The van der Waals surface area contributed by atoms with Crippen molar-refractivity contribution in [3.8, 4) is 0 Å². The number of nitrogens with two attached hydrogens (primary N) is 1. The number of thiocarbonyl (C=S) groups is 1. The number of rotatable bonds is 5. The lowest BCUT2D eigenvalue weighted by Crippen LogP contribution is -2.41. The first kappa shape index (κ1) is 23.3. The zero-order chi connectivity index (χ0) is 22.2. The van der Waals surface area contributed by atoms with Gasteiger partial charge in [-0.05, 0) is 74.6 Å². The second kappa shape index (κ2) is 11.3. The standard InChI is InChI=1S/C24H31N5S2/c1-18-5-4-6-19(8-7-18)17-31-23(25)27-24(30)26-20-9-11-22(12-10-20)29-15-13-21(14-16-29)28(2)3/h4-12,21H,1,13-17H2,2-3H3,(H3,25,26,27,30). The Bertz CT molecular complexity index is 904. The molecule has 1 fully saturated rings. The number of hydrogen-bond acceptors (Lipinski definition) is 4. The van der Waals surface area contributed by atoms with Crippen LogP contribution in [0.1, 0.15) is 12.8 Å². The van der Waals surface area contributed by atoms with Gasteiger partial charge in [0.05, 0.1) is 0 Å². The van der Waals surface area contributed by atoms with E-state index in [-0.39, 0.29) is 0 Å². The zero-order valence-electron chi connectivity index (χ0n) is 18.3. The Hall–Kier alpha value is -2.35. The quantitative estimate of drug-likeness (QED) is 0.387. The Kier molecular flexibility index (Phi) is 8.51. The van der Waals surface area contributed by atoms with E-state index in [0.717, 1.165) is 35.7 Å². The summed E-state index contributed by atoms with van der Waals surface area (Å²) in [7, 11) is 4.33. The number of nitrogens with zero attached hydrogens (tertiary/aromatic N) is 3. The molecule has 0 aromatic heterocycles. The number of thioether (sulfide) groups is 1. The van der Waals surface area contributed by atoms with Gasteiger partial charge in [0.2, 0.25) is 0 Å². The summed E-state index contributed by atoms with van der Waals surface area (Å²) >= 11 is 6.82. The molecule has 3 rings (SSSR count). The van der Waals surface area contributed by atoms with Gasteiger partial charge in [0.15, 0.2) is 10.3 Å². The molecular formula is C24H31N5S2. The van der Waals surface area contributed by atoms with Crippen LogP contribution in [0.15, 0.2) is 77.4 Å². The third-order valence-corrected chi connectivity index (χ3v) is 6.47. The summed E-state index contributed by atoms with van der Waals surface area (Å²) in [6.45, 7) is 6.10. The lowest BCUT2D eigenvalue weighted by molar-refractivity contribution is 0.249. The Morgan fingerprint density at radius 1 is 1.23 bits per heavy atom. The monoisotopic (exact) mass is 453 g/mol. The molecule has 0 saturated carbocycles. The van der Waals surface area contributed by atoms with Crippen LogP contribution in [0.5, 0.6) is 0 Å². The number of nitrogens with one attached hydrogen (secondary N) is 1. The van der Waals surface area contributed by atoms with Crippen molar-refractivity contribution in [3.05, 3.63) is 72.4 Å². The highest BCUT2D eigenvalue weighted by Crippen LogP contribution is 2.23. The summed E-state index contributed by atoms with van der Waals surface area (Å²) < 4.78 is 0. The minimum absolute atomic E-state index is 0.364. The Morgan fingerprint density at radius 3 is 2.61 bits per heavy atom. The Balaban J connectivity index is 1.48. The molecule has 1 saturated heterocycles. The number of amidine groups is 1. The fraction of sp³-hybridized carbons (Fsp3) is 0.333. The smallest absolute Gasteiger partial charge is 0.199 e. The topological polar surface area (TPSA) is 56.9 Å². The summed E-state index contributed by atoms with van der Waals surface area (Å²) in [5, 5.41) is 3.96. The highest BCUT2D eigenvalue weighted by atomic mass is 32.2. The molecule has 164 valence electrons.